The highest BCUT2D eigenvalue weighted by Gasteiger charge is 2.13. The first-order chi connectivity index (χ1) is 12.1. The number of nitrogens with zero attached hydrogens (tertiary/aromatic N) is 1. The maximum absolute atomic E-state index is 12.2. The van der Waals surface area contributed by atoms with Crippen LogP contribution in [0.25, 0.3) is 0 Å². The quantitative estimate of drug-likeness (QED) is 0.650. The molecule has 0 bridgehead atoms. The van der Waals surface area contributed by atoms with Crippen LogP contribution < -0.4 is 10.6 Å². The van der Waals surface area contributed by atoms with E-state index in [1.54, 1.807) is 17.5 Å². The fourth-order valence-electron chi connectivity index (χ4n) is 2.11. The van der Waals surface area contributed by atoms with E-state index in [0.717, 1.165) is 10.0 Å². The van der Waals surface area contributed by atoms with Crippen LogP contribution in [0.4, 0.5) is 10.8 Å². The van der Waals surface area contributed by atoms with Gasteiger partial charge in [-0.3, -0.25) is 9.59 Å². The van der Waals surface area contributed by atoms with Crippen molar-refractivity contribution in [2.24, 2.45) is 0 Å². The molecule has 2 N–H and O–H groups in total. The number of carbonyl (C=O) groups excluding carboxylic acids is 2. The van der Waals surface area contributed by atoms with Crippen molar-refractivity contribution in [1.82, 2.24) is 4.98 Å². The lowest BCUT2D eigenvalue weighted by Gasteiger charge is -2.03. The van der Waals surface area contributed by atoms with Crippen molar-refractivity contribution in [2.75, 3.05) is 10.6 Å². The smallest absolute Gasteiger partial charge is 0.275 e. The largest absolute Gasteiger partial charge is 0.321 e. The molecule has 7 heteroatoms. The van der Waals surface area contributed by atoms with Gasteiger partial charge in [-0.25, -0.2) is 4.98 Å². The number of benzene rings is 2. The second-order valence-electron chi connectivity index (χ2n) is 5.21. The van der Waals surface area contributed by atoms with E-state index in [-0.39, 0.29) is 23.9 Å². The van der Waals surface area contributed by atoms with Crippen molar-refractivity contribution in [3.8, 4) is 0 Å². The lowest BCUT2D eigenvalue weighted by Crippen LogP contribution is -2.15. The van der Waals surface area contributed by atoms with Gasteiger partial charge in [0.05, 0.1) is 6.42 Å². The third-order valence-corrected chi connectivity index (χ3v) is 4.58. The van der Waals surface area contributed by atoms with Gasteiger partial charge in [0.15, 0.2) is 5.13 Å². The van der Waals surface area contributed by atoms with Gasteiger partial charge in [0.1, 0.15) is 5.69 Å². The van der Waals surface area contributed by atoms with Gasteiger partial charge in [0.2, 0.25) is 5.91 Å². The molecule has 2 amide bonds. The van der Waals surface area contributed by atoms with Crippen molar-refractivity contribution in [2.45, 2.75) is 6.42 Å². The Kier molecular flexibility index (Phi) is 5.57. The van der Waals surface area contributed by atoms with Crippen LogP contribution in [0.15, 0.2) is 64.5 Å². The van der Waals surface area contributed by atoms with Crippen LogP contribution in [-0.2, 0) is 11.2 Å². The minimum Gasteiger partial charge on any atom is -0.321 e. The van der Waals surface area contributed by atoms with E-state index in [1.165, 1.54) is 11.3 Å². The predicted molar refractivity (Wildman–Crippen MR) is 103 cm³/mol. The van der Waals surface area contributed by atoms with E-state index in [0.29, 0.717) is 10.8 Å². The summed E-state index contributed by atoms with van der Waals surface area (Å²) >= 11 is 4.56. The number of carbonyl (C=O) groups is 2. The highest BCUT2D eigenvalue weighted by atomic mass is 79.9. The molecule has 0 saturated heterocycles. The molecule has 2 aromatic carbocycles. The summed E-state index contributed by atoms with van der Waals surface area (Å²) in [6.07, 6.45) is 0.265. The number of thiazole rings is 1. The molecule has 0 unspecified atom stereocenters. The normalized spacial score (nSPS) is 10.3. The summed E-state index contributed by atoms with van der Waals surface area (Å²) in [6.45, 7) is 0. The molecule has 1 aromatic heterocycles. The Hall–Kier alpha value is -2.51. The van der Waals surface area contributed by atoms with E-state index in [9.17, 15) is 9.59 Å². The molecular weight excluding hydrogens is 402 g/mol. The van der Waals surface area contributed by atoms with Crippen LogP contribution >= 0.6 is 27.3 Å². The average molecular weight is 416 g/mol. The minimum atomic E-state index is -0.317. The Morgan fingerprint density at radius 3 is 2.44 bits per heavy atom. The van der Waals surface area contributed by atoms with Gasteiger partial charge < -0.3 is 10.6 Å². The first kappa shape index (κ1) is 17.3. The topological polar surface area (TPSA) is 71.1 Å². The third kappa shape index (κ3) is 4.98. The molecule has 0 atom stereocenters. The molecule has 0 radical (unpaired) electrons. The molecule has 3 rings (SSSR count). The number of nitrogens with one attached hydrogen (secondary N) is 2. The number of rotatable bonds is 5. The van der Waals surface area contributed by atoms with Gasteiger partial charge in [-0.15, -0.1) is 11.3 Å². The van der Waals surface area contributed by atoms with E-state index >= 15 is 0 Å². The summed E-state index contributed by atoms with van der Waals surface area (Å²) in [7, 11) is 0. The van der Waals surface area contributed by atoms with Gasteiger partial charge in [-0.05, 0) is 29.8 Å². The van der Waals surface area contributed by atoms with Crippen LogP contribution in [0.2, 0.25) is 0 Å². The Morgan fingerprint density at radius 2 is 1.72 bits per heavy atom. The summed E-state index contributed by atoms with van der Waals surface area (Å²) in [5.41, 5.74) is 1.86. The first-order valence-corrected chi connectivity index (χ1v) is 9.13. The van der Waals surface area contributed by atoms with E-state index in [4.69, 9.17) is 0 Å². The number of hydrogen-bond acceptors (Lipinski definition) is 4. The number of halogens is 1. The predicted octanol–water partition coefficient (Wildman–Crippen LogP) is 4.34. The lowest BCUT2D eigenvalue weighted by molar-refractivity contribution is -0.115. The molecule has 0 spiro atoms. The number of amides is 2. The monoisotopic (exact) mass is 415 g/mol. The Labute approximate surface area is 157 Å². The molecule has 0 fully saturated rings. The first-order valence-electron chi connectivity index (χ1n) is 7.46. The summed E-state index contributed by atoms with van der Waals surface area (Å²) in [4.78, 5) is 28.4. The van der Waals surface area contributed by atoms with Crippen LogP contribution in [0, 0.1) is 0 Å². The van der Waals surface area contributed by atoms with Gasteiger partial charge >= 0.3 is 0 Å². The summed E-state index contributed by atoms with van der Waals surface area (Å²) in [5, 5.41) is 7.50. The van der Waals surface area contributed by atoms with Crippen molar-refractivity contribution in [1.29, 1.82) is 0 Å². The summed E-state index contributed by atoms with van der Waals surface area (Å²) < 4.78 is 0.933. The molecule has 3 aromatic rings. The molecule has 5 nitrogen and oxygen atoms in total. The van der Waals surface area contributed by atoms with Crippen LogP contribution in [0.5, 0.6) is 0 Å². The second-order valence-corrected chi connectivity index (χ2v) is 6.98. The zero-order valence-electron chi connectivity index (χ0n) is 13.0. The fraction of sp³-hybridized carbons (Fsp3) is 0.0556. The maximum Gasteiger partial charge on any atom is 0.275 e. The SMILES string of the molecule is O=C(Cc1ccccc1)Nc1nc(C(=O)Nc2ccc(Br)cc2)cs1. The van der Waals surface area contributed by atoms with Gasteiger partial charge in [0, 0.05) is 15.5 Å². The van der Waals surface area contributed by atoms with Crippen molar-refractivity contribution in [3.63, 3.8) is 0 Å². The van der Waals surface area contributed by atoms with Crippen LogP contribution in [-0.4, -0.2) is 16.8 Å². The Bertz CT molecular complexity index is 879. The third-order valence-electron chi connectivity index (χ3n) is 3.29. The molecule has 25 heavy (non-hydrogen) atoms. The lowest BCUT2D eigenvalue weighted by atomic mass is 10.1. The molecule has 0 aliphatic carbocycles. The molecular formula is C18H14BrN3O2S. The Morgan fingerprint density at radius 1 is 1.00 bits per heavy atom. The summed E-state index contributed by atoms with van der Waals surface area (Å²) in [5.74, 6) is -0.484. The van der Waals surface area contributed by atoms with Gasteiger partial charge in [0.25, 0.3) is 5.91 Å². The highest BCUT2D eigenvalue weighted by Crippen LogP contribution is 2.18. The average Bonchev–Trinajstić information content (AvgIpc) is 3.06. The van der Waals surface area contributed by atoms with Gasteiger partial charge in [-0.2, -0.15) is 0 Å². The van der Waals surface area contributed by atoms with E-state index < -0.39 is 0 Å². The highest BCUT2D eigenvalue weighted by molar-refractivity contribution is 9.10. The number of anilines is 2. The van der Waals surface area contributed by atoms with Gasteiger partial charge in [-0.1, -0.05) is 46.3 Å². The zero-order valence-corrected chi connectivity index (χ0v) is 15.4. The second kappa shape index (κ2) is 8.04. The van der Waals surface area contributed by atoms with Crippen LogP contribution in [0.3, 0.4) is 0 Å². The minimum absolute atomic E-state index is 0.166. The number of hydrogen-bond donors (Lipinski definition) is 2. The Balaban J connectivity index is 1.59. The molecule has 1 heterocycles. The van der Waals surface area contributed by atoms with Crippen molar-refractivity contribution >= 4 is 49.9 Å². The van der Waals surface area contributed by atoms with Crippen molar-refractivity contribution < 1.29 is 9.59 Å². The fourth-order valence-corrected chi connectivity index (χ4v) is 3.08. The van der Waals surface area contributed by atoms with E-state index in [2.05, 4.69) is 31.5 Å². The van der Waals surface area contributed by atoms with E-state index in [1.807, 2.05) is 42.5 Å². The van der Waals surface area contributed by atoms with Crippen molar-refractivity contribution in [3.05, 3.63) is 75.7 Å². The van der Waals surface area contributed by atoms with Crippen LogP contribution in [0.1, 0.15) is 16.1 Å². The maximum atomic E-state index is 12.2. The summed E-state index contributed by atoms with van der Waals surface area (Å²) in [6, 6.07) is 16.7. The molecule has 0 saturated carbocycles. The molecule has 0 aliphatic rings. The molecule has 126 valence electrons. The zero-order chi connectivity index (χ0) is 17.6. The standard InChI is InChI=1S/C18H14BrN3O2S/c19-13-6-8-14(9-7-13)20-17(24)15-11-25-18(21-15)22-16(23)10-12-4-2-1-3-5-12/h1-9,11H,10H2,(H,20,24)(H,21,22,23). The number of aromatic nitrogens is 1. The molecule has 0 aliphatic heterocycles.